The van der Waals surface area contributed by atoms with Gasteiger partial charge in [0.05, 0.1) is 0 Å². The lowest BCUT2D eigenvalue weighted by Crippen LogP contribution is -2.50. The van der Waals surface area contributed by atoms with Crippen LogP contribution >= 0.6 is 11.6 Å². The molecule has 1 saturated carbocycles. The largest absolute Gasteiger partial charge is 0.445 e. The molecule has 23 heavy (non-hydrogen) atoms. The number of rotatable bonds is 5. The fourth-order valence-electron chi connectivity index (χ4n) is 3.17. The zero-order valence-corrected chi connectivity index (χ0v) is 14.4. The predicted octanol–water partition coefficient (Wildman–Crippen LogP) is 4.26. The Bertz CT molecular complexity index is 536. The maximum Gasteiger partial charge on any atom is 0.407 e. The van der Waals surface area contributed by atoms with Crippen LogP contribution in [0, 0.1) is 11.8 Å². The van der Waals surface area contributed by atoms with Crippen LogP contribution < -0.4 is 5.32 Å². The Balaban J connectivity index is 1.81. The first-order chi connectivity index (χ1) is 10.9. The van der Waals surface area contributed by atoms with Crippen molar-refractivity contribution in [2.24, 2.45) is 11.8 Å². The molecule has 0 bridgehead atoms. The number of alkyl carbamates (subject to hydrolysis) is 1. The van der Waals surface area contributed by atoms with E-state index in [1.165, 1.54) is 0 Å². The third-order valence-electron chi connectivity index (χ3n) is 4.71. The number of ether oxygens (including phenoxy) is 1. The Kier molecular flexibility index (Phi) is 6.05. The summed E-state index contributed by atoms with van der Waals surface area (Å²) in [6.45, 7) is 4.27. The highest BCUT2D eigenvalue weighted by Gasteiger charge is 2.36. The highest BCUT2D eigenvalue weighted by molar-refractivity contribution is 6.63. The Labute approximate surface area is 142 Å². The van der Waals surface area contributed by atoms with Gasteiger partial charge in [0.15, 0.2) is 0 Å². The van der Waals surface area contributed by atoms with Gasteiger partial charge in [-0.25, -0.2) is 4.79 Å². The van der Waals surface area contributed by atoms with Gasteiger partial charge in [-0.1, -0.05) is 30.3 Å². The van der Waals surface area contributed by atoms with Crippen LogP contribution in [0.1, 0.15) is 45.1 Å². The molecule has 4 nitrogen and oxygen atoms in total. The van der Waals surface area contributed by atoms with E-state index < -0.39 is 6.09 Å². The van der Waals surface area contributed by atoms with Gasteiger partial charge < -0.3 is 10.1 Å². The predicted molar refractivity (Wildman–Crippen MR) is 90.1 cm³/mol. The summed E-state index contributed by atoms with van der Waals surface area (Å²) in [6.07, 6.45) is 2.94. The van der Waals surface area contributed by atoms with Crippen molar-refractivity contribution in [2.45, 2.75) is 51.7 Å². The Morgan fingerprint density at radius 2 is 1.78 bits per heavy atom. The molecule has 1 amide bonds. The summed E-state index contributed by atoms with van der Waals surface area (Å²) < 4.78 is 5.29. The van der Waals surface area contributed by atoms with Crippen LogP contribution in [0.5, 0.6) is 0 Å². The zero-order chi connectivity index (χ0) is 16.9. The number of benzene rings is 1. The van der Waals surface area contributed by atoms with Crippen molar-refractivity contribution in [2.75, 3.05) is 0 Å². The maximum absolute atomic E-state index is 12.0. The first-order valence-electron chi connectivity index (χ1n) is 8.06. The maximum atomic E-state index is 12.0. The molecule has 1 aliphatic rings. The lowest BCUT2D eigenvalue weighted by Gasteiger charge is -2.38. The number of hydrogen-bond acceptors (Lipinski definition) is 3. The second kappa shape index (κ2) is 7.82. The van der Waals surface area contributed by atoms with Crippen molar-refractivity contribution >= 4 is 22.9 Å². The molecule has 0 aliphatic heterocycles. The monoisotopic (exact) mass is 337 g/mol. The fraction of sp³-hybridized carbons (Fsp3) is 0.556. The quantitative estimate of drug-likeness (QED) is 0.816. The van der Waals surface area contributed by atoms with E-state index in [0.717, 1.165) is 31.2 Å². The van der Waals surface area contributed by atoms with E-state index in [0.29, 0.717) is 5.92 Å². The van der Waals surface area contributed by atoms with Gasteiger partial charge in [-0.05, 0) is 62.6 Å². The van der Waals surface area contributed by atoms with E-state index in [-0.39, 0.29) is 23.3 Å². The summed E-state index contributed by atoms with van der Waals surface area (Å²) >= 11 is 5.57. The lowest BCUT2D eigenvalue weighted by molar-refractivity contribution is -0.116. The van der Waals surface area contributed by atoms with E-state index in [1.807, 2.05) is 44.2 Å². The van der Waals surface area contributed by atoms with Crippen LogP contribution in [0.4, 0.5) is 4.79 Å². The van der Waals surface area contributed by atoms with Gasteiger partial charge in [-0.15, -0.1) is 0 Å². The van der Waals surface area contributed by atoms with Crippen molar-refractivity contribution in [1.82, 2.24) is 5.32 Å². The highest BCUT2D eigenvalue weighted by atomic mass is 35.5. The Morgan fingerprint density at radius 1 is 1.17 bits per heavy atom. The molecule has 0 atom stereocenters. The van der Waals surface area contributed by atoms with Gasteiger partial charge in [0.25, 0.3) is 0 Å². The summed E-state index contributed by atoms with van der Waals surface area (Å²) in [5, 5.41) is 2.72. The van der Waals surface area contributed by atoms with Gasteiger partial charge >= 0.3 is 6.09 Å². The minimum absolute atomic E-state index is 0.0336. The number of amides is 1. The molecular weight excluding hydrogens is 314 g/mol. The fourth-order valence-corrected chi connectivity index (χ4v) is 3.38. The van der Waals surface area contributed by atoms with Crippen molar-refractivity contribution < 1.29 is 14.3 Å². The second-order valence-electron chi connectivity index (χ2n) is 6.76. The highest BCUT2D eigenvalue weighted by Crippen LogP contribution is 2.36. The number of halogens is 1. The third kappa shape index (κ3) is 5.24. The van der Waals surface area contributed by atoms with Crippen LogP contribution in [-0.2, 0) is 16.1 Å². The standard InChI is InChI=1S/C18H24ClNO3/c1-18(2,15-10-8-14(9-11-15)16(19)21)20-17(22)23-12-13-6-4-3-5-7-13/h3-7,14-15H,8-12H2,1-2H3,(H,20,22). The number of hydrogen-bond donors (Lipinski definition) is 1. The van der Waals surface area contributed by atoms with Gasteiger partial charge in [0.1, 0.15) is 6.61 Å². The van der Waals surface area contributed by atoms with E-state index >= 15 is 0 Å². The van der Waals surface area contributed by atoms with Crippen molar-refractivity contribution in [1.29, 1.82) is 0 Å². The third-order valence-corrected chi connectivity index (χ3v) is 5.01. The molecule has 2 rings (SSSR count). The van der Waals surface area contributed by atoms with Crippen LogP contribution in [0.3, 0.4) is 0 Å². The Morgan fingerprint density at radius 3 is 2.35 bits per heavy atom. The molecule has 1 aromatic rings. The molecular formula is C18H24ClNO3. The summed E-state index contributed by atoms with van der Waals surface area (Å²) in [5.74, 6) is 0.285. The molecule has 0 heterocycles. The van der Waals surface area contributed by atoms with Crippen molar-refractivity contribution in [3.63, 3.8) is 0 Å². The molecule has 5 heteroatoms. The van der Waals surface area contributed by atoms with Crippen LogP contribution in [0.25, 0.3) is 0 Å². The van der Waals surface area contributed by atoms with E-state index in [9.17, 15) is 9.59 Å². The molecule has 1 aliphatic carbocycles. The first-order valence-corrected chi connectivity index (χ1v) is 8.44. The summed E-state index contributed by atoms with van der Waals surface area (Å²) in [6, 6.07) is 9.59. The number of carbonyl (C=O) groups excluding carboxylic acids is 2. The molecule has 1 fully saturated rings. The smallest absolute Gasteiger partial charge is 0.407 e. The van der Waals surface area contributed by atoms with Gasteiger partial charge in [0.2, 0.25) is 5.24 Å². The first kappa shape index (κ1) is 17.8. The average Bonchev–Trinajstić information content (AvgIpc) is 2.53. The minimum Gasteiger partial charge on any atom is -0.445 e. The van der Waals surface area contributed by atoms with Crippen molar-refractivity contribution in [3.8, 4) is 0 Å². The van der Waals surface area contributed by atoms with Gasteiger partial charge in [0, 0.05) is 11.5 Å². The second-order valence-corrected chi connectivity index (χ2v) is 7.13. The summed E-state index contributed by atoms with van der Waals surface area (Å²) in [4.78, 5) is 23.3. The topological polar surface area (TPSA) is 55.4 Å². The van der Waals surface area contributed by atoms with Crippen LogP contribution in [-0.4, -0.2) is 16.9 Å². The number of nitrogens with one attached hydrogen (secondary N) is 1. The van der Waals surface area contributed by atoms with E-state index in [4.69, 9.17) is 16.3 Å². The average molecular weight is 338 g/mol. The van der Waals surface area contributed by atoms with E-state index in [2.05, 4.69) is 5.32 Å². The number of carbonyl (C=O) groups is 2. The van der Waals surface area contributed by atoms with Gasteiger partial charge in [-0.2, -0.15) is 0 Å². The summed E-state index contributed by atoms with van der Waals surface area (Å²) in [5.41, 5.74) is 0.593. The Hall–Kier alpha value is -1.55. The molecule has 0 saturated heterocycles. The molecule has 0 radical (unpaired) electrons. The molecule has 126 valence electrons. The van der Waals surface area contributed by atoms with Crippen LogP contribution in [0.2, 0.25) is 0 Å². The SMILES string of the molecule is CC(C)(NC(=O)OCc1ccccc1)C1CCC(C(=O)Cl)CC1. The molecule has 1 aromatic carbocycles. The van der Waals surface area contributed by atoms with Gasteiger partial charge in [-0.3, -0.25) is 4.79 Å². The summed E-state index contributed by atoms with van der Waals surface area (Å²) in [7, 11) is 0. The zero-order valence-electron chi connectivity index (χ0n) is 13.7. The van der Waals surface area contributed by atoms with Crippen molar-refractivity contribution in [3.05, 3.63) is 35.9 Å². The molecule has 0 spiro atoms. The molecule has 0 aromatic heterocycles. The lowest BCUT2D eigenvalue weighted by atomic mass is 9.73. The molecule has 1 N–H and O–H groups in total. The normalized spacial score (nSPS) is 21.5. The minimum atomic E-state index is -0.408. The van der Waals surface area contributed by atoms with Crippen LogP contribution in [0.15, 0.2) is 30.3 Å². The molecule has 0 unspecified atom stereocenters. The van der Waals surface area contributed by atoms with E-state index in [1.54, 1.807) is 0 Å².